The van der Waals surface area contributed by atoms with Crippen molar-refractivity contribution >= 4 is 33.1 Å². The average molecular weight is 381 g/mol. The van der Waals surface area contributed by atoms with Crippen molar-refractivity contribution in [3.8, 4) is 5.75 Å². The minimum atomic E-state index is 0.199. The fourth-order valence-electron chi connectivity index (χ4n) is 3.74. The number of amides is 1. The van der Waals surface area contributed by atoms with Crippen molar-refractivity contribution in [1.82, 2.24) is 4.98 Å². The number of ether oxygens (including phenoxy) is 1. The molecular weight excluding hydrogens is 356 g/mol. The Labute approximate surface area is 163 Å². The van der Waals surface area contributed by atoms with Gasteiger partial charge in [0.05, 0.1) is 28.0 Å². The number of para-hydroxylation sites is 2. The number of anilines is 1. The van der Waals surface area contributed by atoms with Crippen LogP contribution in [0.15, 0.2) is 42.5 Å². The third kappa shape index (κ3) is 3.83. The van der Waals surface area contributed by atoms with Crippen LogP contribution in [0.25, 0.3) is 10.2 Å². The molecule has 3 aromatic rings. The summed E-state index contributed by atoms with van der Waals surface area (Å²) in [6, 6.07) is 14.3. The first kappa shape index (κ1) is 18.0. The Morgan fingerprint density at radius 1 is 1.19 bits per heavy atom. The van der Waals surface area contributed by atoms with E-state index in [-0.39, 0.29) is 5.91 Å². The zero-order valence-corrected chi connectivity index (χ0v) is 16.4. The molecule has 0 radical (unpaired) electrons. The van der Waals surface area contributed by atoms with Gasteiger partial charge < -0.3 is 9.64 Å². The van der Waals surface area contributed by atoms with Crippen LogP contribution >= 0.6 is 11.3 Å². The molecule has 4 rings (SSSR count). The number of aryl methyl sites for hydroxylation is 2. The summed E-state index contributed by atoms with van der Waals surface area (Å²) in [4.78, 5) is 19.4. The number of carbonyl (C=O) groups is 1. The fourth-order valence-corrected chi connectivity index (χ4v) is 4.75. The molecule has 0 saturated carbocycles. The predicted octanol–water partition coefficient (Wildman–Crippen LogP) is 5.00. The van der Waals surface area contributed by atoms with Crippen LogP contribution in [0.4, 0.5) is 5.69 Å². The molecule has 1 aliphatic rings. The van der Waals surface area contributed by atoms with Gasteiger partial charge in [0.2, 0.25) is 5.91 Å². The Balaban J connectivity index is 1.35. The number of fused-ring (bicyclic) bond motifs is 2. The maximum Gasteiger partial charge on any atom is 0.227 e. The number of hydrogen-bond acceptors (Lipinski definition) is 4. The second-order valence-electron chi connectivity index (χ2n) is 6.90. The SMILES string of the molecule is COc1cccc2c1N(C(=O)CCCCc1nc3ccccc3s1)CCC2. The molecule has 5 heteroatoms. The van der Waals surface area contributed by atoms with Crippen molar-refractivity contribution in [2.24, 2.45) is 0 Å². The number of unbranched alkanes of at least 4 members (excludes halogenated alkanes) is 1. The monoisotopic (exact) mass is 380 g/mol. The third-order valence-corrected chi connectivity index (χ3v) is 6.17. The highest BCUT2D eigenvalue weighted by Gasteiger charge is 2.25. The maximum absolute atomic E-state index is 12.8. The standard InChI is InChI=1S/C22H24N2O2S/c1-26-18-11-6-8-16-9-7-15-24(22(16)18)21(25)14-5-4-13-20-23-17-10-2-3-12-19(17)27-20/h2-3,6,8,10-12H,4-5,7,9,13-15H2,1H3. The van der Waals surface area contributed by atoms with Gasteiger partial charge in [-0.25, -0.2) is 4.98 Å². The van der Waals surface area contributed by atoms with E-state index in [1.165, 1.54) is 10.3 Å². The average Bonchev–Trinajstić information content (AvgIpc) is 3.13. The van der Waals surface area contributed by atoms with Crippen LogP contribution < -0.4 is 9.64 Å². The highest BCUT2D eigenvalue weighted by Crippen LogP contribution is 2.36. The van der Waals surface area contributed by atoms with Crippen LogP contribution in [0, 0.1) is 0 Å². The van der Waals surface area contributed by atoms with Gasteiger partial charge in [0.15, 0.2) is 0 Å². The largest absolute Gasteiger partial charge is 0.495 e. The van der Waals surface area contributed by atoms with Crippen LogP contribution in [-0.4, -0.2) is 24.5 Å². The van der Waals surface area contributed by atoms with Crippen LogP contribution in [0.1, 0.15) is 36.3 Å². The number of benzene rings is 2. The quantitative estimate of drug-likeness (QED) is 0.565. The van der Waals surface area contributed by atoms with Crippen molar-refractivity contribution in [3.63, 3.8) is 0 Å². The van der Waals surface area contributed by atoms with E-state index in [1.807, 2.05) is 29.2 Å². The van der Waals surface area contributed by atoms with Crippen LogP contribution in [0.2, 0.25) is 0 Å². The van der Waals surface area contributed by atoms with Gasteiger partial charge >= 0.3 is 0 Å². The van der Waals surface area contributed by atoms with Gasteiger partial charge in [-0.1, -0.05) is 24.3 Å². The van der Waals surface area contributed by atoms with Crippen molar-refractivity contribution in [2.45, 2.75) is 38.5 Å². The Hall–Kier alpha value is -2.40. The summed E-state index contributed by atoms with van der Waals surface area (Å²) >= 11 is 1.76. The number of methoxy groups -OCH3 is 1. The van der Waals surface area contributed by atoms with Crippen molar-refractivity contribution in [1.29, 1.82) is 0 Å². The van der Waals surface area contributed by atoms with Crippen LogP contribution in [0.5, 0.6) is 5.75 Å². The molecule has 0 aliphatic carbocycles. The molecule has 0 atom stereocenters. The summed E-state index contributed by atoms with van der Waals surface area (Å²) in [5, 5.41) is 1.16. The molecule has 1 amide bonds. The van der Waals surface area contributed by atoms with E-state index < -0.39 is 0 Å². The second-order valence-corrected chi connectivity index (χ2v) is 8.01. The predicted molar refractivity (Wildman–Crippen MR) is 111 cm³/mol. The van der Waals surface area contributed by atoms with Gasteiger partial charge in [-0.05, 0) is 55.9 Å². The van der Waals surface area contributed by atoms with Crippen molar-refractivity contribution in [3.05, 3.63) is 53.0 Å². The topological polar surface area (TPSA) is 42.4 Å². The summed E-state index contributed by atoms with van der Waals surface area (Å²) in [5.41, 5.74) is 3.26. The van der Waals surface area contributed by atoms with Crippen molar-refractivity contribution < 1.29 is 9.53 Å². The highest BCUT2D eigenvalue weighted by molar-refractivity contribution is 7.18. The van der Waals surface area contributed by atoms with Gasteiger partial charge in [0.1, 0.15) is 5.75 Å². The fraction of sp³-hybridized carbons (Fsp3) is 0.364. The molecule has 1 aliphatic heterocycles. The molecule has 0 saturated heterocycles. The van der Waals surface area contributed by atoms with E-state index in [4.69, 9.17) is 4.74 Å². The summed E-state index contributed by atoms with van der Waals surface area (Å²) in [5.74, 6) is 1.000. The van der Waals surface area contributed by atoms with E-state index in [9.17, 15) is 4.79 Å². The molecule has 2 aromatic carbocycles. The maximum atomic E-state index is 12.8. The van der Waals surface area contributed by atoms with Gasteiger partial charge in [-0.3, -0.25) is 4.79 Å². The van der Waals surface area contributed by atoms with E-state index in [1.54, 1.807) is 18.4 Å². The number of rotatable bonds is 6. The highest BCUT2D eigenvalue weighted by atomic mass is 32.1. The lowest BCUT2D eigenvalue weighted by molar-refractivity contribution is -0.118. The lowest BCUT2D eigenvalue weighted by Crippen LogP contribution is -2.35. The van der Waals surface area contributed by atoms with Crippen molar-refractivity contribution in [2.75, 3.05) is 18.6 Å². The summed E-state index contributed by atoms with van der Waals surface area (Å²) in [7, 11) is 1.67. The lowest BCUT2D eigenvalue weighted by atomic mass is 10.00. The Bertz CT molecular complexity index is 903. The zero-order valence-electron chi connectivity index (χ0n) is 15.6. The summed E-state index contributed by atoms with van der Waals surface area (Å²) in [6.07, 6.45) is 5.40. The first-order chi connectivity index (χ1) is 13.3. The number of carbonyl (C=O) groups excluding carboxylic acids is 1. The summed E-state index contributed by atoms with van der Waals surface area (Å²) in [6.45, 7) is 0.782. The Kier molecular flexibility index (Phi) is 5.39. The van der Waals surface area contributed by atoms with E-state index >= 15 is 0 Å². The molecular formula is C22H24N2O2S. The molecule has 0 spiro atoms. The van der Waals surface area contributed by atoms with Crippen LogP contribution in [-0.2, 0) is 17.6 Å². The molecule has 27 heavy (non-hydrogen) atoms. The molecule has 0 fully saturated rings. The molecule has 1 aromatic heterocycles. The number of aromatic nitrogens is 1. The van der Waals surface area contributed by atoms with Crippen LogP contribution in [0.3, 0.4) is 0 Å². The van der Waals surface area contributed by atoms with E-state index in [0.29, 0.717) is 6.42 Å². The van der Waals surface area contributed by atoms with Gasteiger partial charge in [-0.15, -0.1) is 11.3 Å². The molecule has 4 nitrogen and oxygen atoms in total. The normalized spacial score (nSPS) is 13.6. The molecule has 2 heterocycles. The van der Waals surface area contributed by atoms with E-state index in [2.05, 4.69) is 23.2 Å². The third-order valence-electron chi connectivity index (χ3n) is 5.07. The molecule has 140 valence electrons. The minimum Gasteiger partial charge on any atom is -0.495 e. The van der Waals surface area contributed by atoms with E-state index in [0.717, 1.165) is 60.6 Å². The lowest BCUT2D eigenvalue weighted by Gasteiger charge is -2.31. The molecule has 0 bridgehead atoms. The summed E-state index contributed by atoms with van der Waals surface area (Å²) < 4.78 is 6.74. The smallest absolute Gasteiger partial charge is 0.227 e. The Morgan fingerprint density at radius 2 is 2.07 bits per heavy atom. The Morgan fingerprint density at radius 3 is 2.93 bits per heavy atom. The zero-order chi connectivity index (χ0) is 18.6. The number of thiazole rings is 1. The number of hydrogen-bond donors (Lipinski definition) is 0. The first-order valence-corrected chi connectivity index (χ1v) is 10.4. The second kappa shape index (κ2) is 8.09. The molecule has 0 N–H and O–H groups in total. The molecule has 0 unspecified atom stereocenters. The number of nitrogens with zero attached hydrogens (tertiary/aromatic N) is 2. The van der Waals surface area contributed by atoms with Gasteiger partial charge in [0.25, 0.3) is 0 Å². The van der Waals surface area contributed by atoms with Gasteiger partial charge in [0, 0.05) is 13.0 Å². The minimum absolute atomic E-state index is 0.199. The first-order valence-electron chi connectivity index (χ1n) is 9.57. The van der Waals surface area contributed by atoms with Gasteiger partial charge in [-0.2, -0.15) is 0 Å².